The number of ether oxygens (including phenoxy) is 1. The molecule has 0 unspecified atom stereocenters. The Morgan fingerprint density at radius 2 is 1.95 bits per heavy atom. The lowest BCUT2D eigenvalue weighted by molar-refractivity contribution is -0.385. The van der Waals surface area contributed by atoms with Gasteiger partial charge < -0.3 is 9.84 Å². The van der Waals surface area contributed by atoms with Crippen LogP contribution in [-0.4, -0.2) is 10.0 Å². The maximum absolute atomic E-state index is 11.0. The molecule has 2 aromatic carbocycles. The summed E-state index contributed by atoms with van der Waals surface area (Å²) in [5.74, 6) is 0.416. The van der Waals surface area contributed by atoms with Crippen LogP contribution in [0.3, 0.4) is 0 Å². The molecular weight excluding hydrogens is 270 g/mol. The third kappa shape index (κ3) is 3.01. The quantitative estimate of drug-likeness (QED) is 0.686. The summed E-state index contributed by atoms with van der Waals surface area (Å²) in [7, 11) is 0. The van der Waals surface area contributed by atoms with Gasteiger partial charge in [0.15, 0.2) is 0 Å². The van der Waals surface area contributed by atoms with Gasteiger partial charge in [-0.05, 0) is 23.8 Å². The Bertz CT molecular complexity index is 615. The molecule has 0 saturated carbocycles. The molecule has 0 saturated heterocycles. The molecule has 0 aromatic heterocycles. The van der Waals surface area contributed by atoms with E-state index in [1.54, 1.807) is 30.3 Å². The van der Waals surface area contributed by atoms with Gasteiger partial charge in [-0.2, -0.15) is 0 Å². The molecule has 19 heavy (non-hydrogen) atoms. The molecule has 0 aliphatic heterocycles. The molecule has 2 aromatic rings. The lowest BCUT2D eigenvalue weighted by Gasteiger charge is -2.08. The van der Waals surface area contributed by atoms with E-state index >= 15 is 0 Å². The Kier molecular flexibility index (Phi) is 3.99. The highest BCUT2D eigenvalue weighted by Crippen LogP contribution is 2.35. The van der Waals surface area contributed by atoms with Crippen molar-refractivity contribution in [2.45, 2.75) is 6.61 Å². The molecule has 0 fully saturated rings. The summed E-state index contributed by atoms with van der Waals surface area (Å²) >= 11 is 5.93. The van der Waals surface area contributed by atoms with E-state index in [0.717, 1.165) is 0 Å². The summed E-state index contributed by atoms with van der Waals surface area (Å²) < 4.78 is 5.45. The molecule has 0 bridgehead atoms. The van der Waals surface area contributed by atoms with Crippen molar-refractivity contribution in [2.75, 3.05) is 0 Å². The van der Waals surface area contributed by atoms with Crippen LogP contribution in [0.4, 0.5) is 5.69 Å². The van der Waals surface area contributed by atoms with Crippen molar-refractivity contribution in [2.24, 2.45) is 0 Å². The molecule has 1 N–H and O–H groups in total. The maximum Gasteiger partial charge on any atom is 0.311 e. The molecule has 2 rings (SSSR count). The van der Waals surface area contributed by atoms with Crippen molar-refractivity contribution >= 4 is 17.3 Å². The van der Waals surface area contributed by atoms with E-state index in [0.29, 0.717) is 16.3 Å². The summed E-state index contributed by atoms with van der Waals surface area (Å²) in [5, 5.41) is 20.3. The largest absolute Gasteiger partial charge is 0.449 e. The third-order valence-corrected chi connectivity index (χ3v) is 2.77. The smallest absolute Gasteiger partial charge is 0.311 e. The van der Waals surface area contributed by atoms with Crippen molar-refractivity contribution in [3.8, 4) is 11.5 Å². The summed E-state index contributed by atoms with van der Waals surface area (Å²) in [6.07, 6.45) is 0. The SMILES string of the molecule is O=[N+]([O-])c1cc(CO)ccc1Oc1ccccc1Cl. The minimum atomic E-state index is -0.564. The number of nitro groups is 1. The van der Waals surface area contributed by atoms with Crippen molar-refractivity contribution in [1.82, 2.24) is 0 Å². The first-order chi connectivity index (χ1) is 9.11. The molecule has 0 radical (unpaired) electrons. The highest BCUT2D eigenvalue weighted by molar-refractivity contribution is 6.32. The standard InChI is InChI=1S/C13H10ClNO4/c14-10-3-1-2-4-12(10)19-13-6-5-9(8-16)7-11(13)15(17)18/h1-7,16H,8H2. The Labute approximate surface area is 114 Å². The maximum atomic E-state index is 11.0. The van der Waals surface area contributed by atoms with Gasteiger partial charge in [-0.3, -0.25) is 10.1 Å². The average Bonchev–Trinajstić information content (AvgIpc) is 2.41. The number of nitrogens with zero attached hydrogens (tertiary/aromatic N) is 1. The van der Waals surface area contributed by atoms with E-state index in [2.05, 4.69) is 0 Å². The summed E-state index contributed by atoms with van der Waals surface area (Å²) in [6, 6.07) is 11.0. The Morgan fingerprint density at radius 1 is 1.21 bits per heavy atom. The van der Waals surface area contributed by atoms with Crippen LogP contribution in [0.1, 0.15) is 5.56 Å². The van der Waals surface area contributed by atoms with E-state index in [9.17, 15) is 10.1 Å². The lowest BCUT2D eigenvalue weighted by atomic mass is 10.2. The number of hydrogen-bond acceptors (Lipinski definition) is 4. The fraction of sp³-hybridized carbons (Fsp3) is 0.0769. The lowest BCUT2D eigenvalue weighted by Crippen LogP contribution is -1.95. The fourth-order valence-corrected chi connectivity index (χ4v) is 1.71. The van der Waals surface area contributed by atoms with Crippen molar-refractivity contribution in [3.05, 3.63) is 63.2 Å². The van der Waals surface area contributed by atoms with Gasteiger partial charge >= 0.3 is 5.69 Å². The van der Waals surface area contributed by atoms with Gasteiger partial charge in [-0.1, -0.05) is 29.8 Å². The van der Waals surface area contributed by atoms with E-state index in [1.165, 1.54) is 12.1 Å². The minimum absolute atomic E-state index is 0.0790. The van der Waals surface area contributed by atoms with Crippen molar-refractivity contribution < 1.29 is 14.8 Å². The van der Waals surface area contributed by atoms with Crippen molar-refractivity contribution in [1.29, 1.82) is 0 Å². The first-order valence-electron chi connectivity index (χ1n) is 5.42. The van der Waals surface area contributed by atoms with E-state index < -0.39 is 4.92 Å². The molecule has 0 amide bonds. The van der Waals surface area contributed by atoms with Crippen LogP contribution >= 0.6 is 11.6 Å². The molecule has 0 heterocycles. The number of halogens is 1. The molecule has 0 aliphatic carbocycles. The first-order valence-corrected chi connectivity index (χ1v) is 5.80. The topological polar surface area (TPSA) is 72.6 Å². The number of benzene rings is 2. The highest BCUT2D eigenvalue weighted by Gasteiger charge is 2.17. The third-order valence-electron chi connectivity index (χ3n) is 2.46. The molecule has 0 aliphatic rings. The zero-order valence-electron chi connectivity index (χ0n) is 9.75. The van der Waals surface area contributed by atoms with Gasteiger partial charge in [0.1, 0.15) is 5.75 Å². The minimum Gasteiger partial charge on any atom is -0.449 e. The number of hydrogen-bond donors (Lipinski definition) is 1. The molecule has 0 spiro atoms. The van der Waals surface area contributed by atoms with Crippen LogP contribution in [0.25, 0.3) is 0 Å². The Balaban J connectivity index is 2.40. The van der Waals surface area contributed by atoms with E-state index in [-0.39, 0.29) is 18.0 Å². The van der Waals surface area contributed by atoms with Crippen LogP contribution in [0.5, 0.6) is 11.5 Å². The Hall–Kier alpha value is -2.11. The van der Waals surface area contributed by atoms with Gasteiger partial charge in [0.2, 0.25) is 5.75 Å². The van der Waals surface area contributed by atoms with Gasteiger partial charge in [-0.25, -0.2) is 0 Å². The van der Waals surface area contributed by atoms with Gasteiger partial charge in [-0.15, -0.1) is 0 Å². The van der Waals surface area contributed by atoms with Gasteiger partial charge in [0.05, 0.1) is 16.6 Å². The number of rotatable bonds is 4. The average molecular weight is 280 g/mol. The number of aliphatic hydroxyl groups is 1. The van der Waals surface area contributed by atoms with E-state index in [4.69, 9.17) is 21.4 Å². The normalized spacial score (nSPS) is 10.2. The summed E-state index contributed by atoms with van der Waals surface area (Å²) in [6.45, 7) is -0.271. The van der Waals surface area contributed by atoms with Crippen molar-refractivity contribution in [3.63, 3.8) is 0 Å². The molecular formula is C13H10ClNO4. The Morgan fingerprint density at radius 3 is 2.58 bits per heavy atom. The molecule has 6 heteroatoms. The predicted octanol–water partition coefficient (Wildman–Crippen LogP) is 3.53. The molecule has 5 nitrogen and oxygen atoms in total. The van der Waals surface area contributed by atoms with Gasteiger partial charge in [0, 0.05) is 6.07 Å². The number of aliphatic hydroxyl groups excluding tert-OH is 1. The second kappa shape index (κ2) is 5.69. The first kappa shape index (κ1) is 13.3. The van der Waals surface area contributed by atoms with Crippen LogP contribution < -0.4 is 4.74 Å². The summed E-state index contributed by atoms with van der Waals surface area (Å²) in [4.78, 5) is 10.4. The fourth-order valence-electron chi connectivity index (χ4n) is 1.54. The van der Waals surface area contributed by atoms with Crippen LogP contribution in [0.15, 0.2) is 42.5 Å². The van der Waals surface area contributed by atoms with Crippen LogP contribution in [0, 0.1) is 10.1 Å². The highest BCUT2D eigenvalue weighted by atomic mass is 35.5. The molecule has 0 atom stereocenters. The zero-order chi connectivity index (χ0) is 13.8. The van der Waals surface area contributed by atoms with Crippen LogP contribution in [0.2, 0.25) is 5.02 Å². The number of para-hydroxylation sites is 1. The monoisotopic (exact) mass is 279 g/mol. The molecule has 98 valence electrons. The number of nitro benzene ring substituents is 1. The van der Waals surface area contributed by atoms with E-state index in [1.807, 2.05) is 0 Å². The van der Waals surface area contributed by atoms with Gasteiger partial charge in [0.25, 0.3) is 0 Å². The second-order valence-electron chi connectivity index (χ2n) is 3.75. The summed E-state index contributed by atoms with van der Waals surface area (Å²) in [5.41, 5.74) is 0.227. The predicted molar refractivity (Wildman–Crippen MR) is 70.5 cm³/mol. The second-order valence-corrected chi connectivity index (χ2v) is 4.16. The zero-order valence-corrected chi connectivity index (χ0v) is 10.5. The van der Waals surface area contributed by atoms with Crippen LogP contribution in [-0.2, 0) is 6.61 Å².